The number of halogens is 2. The lowest BCUT2D eigenvalue weighted by atomic mass is 10.1. The first-order valence-electron chi connectivity index (χ1n) is 8.49. The van der Waals surface area contributed by atoms with Gasteiger partial charge in [0.05, 0.1) is 10.7 Å². The minimum atomic E-state index is -0.359. The quantitative estimate of drug-likeness (QED) is 0.349. The number of hydrazone groups is 1. The molecule has 1 aromatic heterocycles. The molecule has 1 heterocycles. The fourth-order valence-corrected chi connectivity index (χ4v) is 3.67. The maximum absolute atomic E-state index is 12.0. The van der Waals surface area contributed by atoms with Crippen LogP contribution in [0.25, 0.3) is 11.3 Å². The summed E-state index contributed by atoms with van der Waals surface area (Å²) in [5.74, 6) is 1.55. The second-order valence-corrected chi connectivity index (χ2v) is 7.95. The van der Waals surface area contributed by atoms with E-state index in [-0.39, 0.29) is 12.5 Å². The molecule has 1 N–H and O–H groups in total. The molecule has 0 aliphatic carbocycles. The van der Waals surface area contributed by atoms with Gasteiger partial charge in [-0.05, 0) is 71.2 Å². The van der Waals surface area contributed by atoms with Crippen molar-refractivity contribution in [2.45, 2.75) is 13.8 Å². The fourth-order valence-electron chi connectivity index (χ4n) is 2.61. The number of nitrogens with zero attached hydrogens (tertiary/aromatic N) is 1. The third-order valence-electron chi connectivity index (χ3n) is 3.86. The smallest absolute Gasteiger partial charge is 0.277 e. The van der Waals surface area contributed by atoms with Gasteiger partial charge in [-0.2, -0.15) is 5.10 Å². The van der Waals surface area contributed by atoms with Crippen LogP contribution in [0.2, 0.25) is 0 Å². The number of carbonyl (C=O) groups is 1. The highest BCUT2D eigenvalue weighted by Gasteiger charge is 2.09. The molecule has 1 amide bonds. The third kappa shape index (κ3) is 5.33. The van der Waals surface area contributed by atoms with Crippen LogP contribution < -0.4 is 10.2 Å². The molecule has 0 atom stereocenters. The lowest BCUT2D eigenvalue weighted by Gasteiger charge is -2.11. The van der Waals surface area contributed by atoms with Crippen LogP contribution in [0.5, 0.6) is 5.75 Å². The van der Waals surface area contributed by atoms with E-state index < -0.39 is 0 Å². The zero-order valence-electron chi connectivity index (χ0n) is 15.3. The van der Waals surface area contributed by atoms with E-state index in [1.807, 2.05) is 56.3 Å². The largest absolute Gasteiger partial charge is 0.482 e. The number of furan rings is 1. The summed E-state index contributed by atoms with van der Waals surface area (Å²) in [4.78, 5) is 12.0. The van der Waals surface area contributed by atoms with Gasteiger partial charge in [-0.3, -0.25) is 4.79 Å². The molecule has 0 bridgehead atoms. The molecule has 3 rings (SSSR count). The van der Waals surface area contributed by atoms with Gasteiger partial charge in [0.25, 0.3) is 5.91 Å². The Bertz CT molecular complexity index is 988. The van der Waals surface area contributed by atoms with Crippen molar-refractivity contribution in [3.63, 3.8) is 0 Å². The fraction of sp³-hybridized carbons (Fsp3) is 0.143. The lowest BCUT2D eigenvalue weighted by molar-refractivity contribution is -0.123. The van der Waals surface area contributed by atoms with Crippen molar-refractivity contribution < 1.29 is 13.9 Å². The summed E-state index contributed by atoms with van der Waals surface area (Å²) in [5.41, 5.74) is 5.46. The van der Waals surface area contributed by atoms with Crippen molar-refractivity contribution >= 4 is 44.0 Å². The van der Waals surface area contributed by atoms with E-state index in [1.54, 1.807) is 6.07 Å². The predicted octanol–water partition coefficient (Wildman–Crippen LogP) is 5.62. The number of ether oxygens (including phenoxy) is 1. The summed E-state index contributed by atoms with van der Waals surface area (Å²) < 4.78 is 13.1. The normalized spacial score (nSPS) is 11.0. The van der Waals surface area contributed by atoms with Crippen LogP contribution in [-0.2, 0) is 4.79 Å². The molecule has 0 fully saturated rings. The highest BCUT2D eigenvalue weighted by molar-refractivity contribution is 9.10. The number of nitrogens with one attached hydrogen (secondary N) is 1. The van der Waals surface area contributed by atoms with Crippen LogP contribution in [-0.4, -0.2) is 18.7 Å². The van der Waals surface area contributed by atoms with Crippen molar-refractivity contribution in [2.24, 2.45) is 5.10 Å². The highest BCUT2D eigenvalue weighted by Crippen LogP contribution is 2.30. The number of amides is 1. The minimum Gasteiger partial charge on any atom is -0.482 e. The average molecular weight is 506 g/mol. The molecule has 28 heavy (non-hydrogen) atoms. The molecule has 0 radical (unpaired) electrons. The number of benzene rings is 2. The minimum absolute atomic E-state index is 0.137. The Balaban J connectivity index is 1.54. The van der Waals surface area contributed by atoms with Crippen LogP contribution in [0.3, 0.4) is 0 Å². The van der Waals surface area contributed by atoms with Gasteiger partial charge in [-0.1, -0.05) is 34.1 Å². The first kappa shape index (κ1) is 20.4. The molecule has 0 saturated carbocycles. The van der Waals surface area contributed by atoms with Gasteiger partial charge in [-0.15, -0.1) is 0 Å². The van der Waals surface area contributed by atoms with Crippen molar-refractivity contribution in [3.05, 3.63) is 74.4 Å². The summed E-state index contributed by atoms with van der Waals surface area (Å²) in [7, 11) is 0. The maximum atomic E-state index is 12.0. The van der Waals surface area contributed by atoms with E-state index >= 15 is 0 Å². The molecule has 0 aliphatic rings. The van der Waals surface area contributed by atoms with Crippen molar-refractivity contribution in [1.29, 1.82) is 0 Å². The number of rotatable bonds is 6. The Morgan fingerprint density at radius 2 is 1.89 bits per heavy atom. The summed E-state index contributed by atoms with van der Waals surface area (Å²) in [5, 5.41) is 3.92. The number of hydrogen-bond acceptors (Lipinski definition) is 4. The van der Waals surface area contributed by atoms with Crippen LogP contribution >= 0.6 is 31.9 Å². The van der Waals surface area contributed by atoms with Crippen LogP contribution in [0.1, 0.15) is 16.9 Å². The van der Waals surface area contributed by atoms with Gasteiger partial charge < -0.3 is 9.15 Å². The molecule has 0 saturated heterocycles. The molecular weight excluding hydrogens is 488 g/mol. The van der Waals surface area contributed by atoms with Gasteiger partial charge in [0.15, 0.2) is 6.61 Å². The van der Waals surface area contributed by atoms with Crippen molar-refractivity contribution in [1.82, 2.24) is 5.43 Å². The van der Waals surface area contributed by atoms with E-state index in [0.29, 0.717) is 11.5 Å². The van der Waals surface area contributed by atoms with E-state index in [2.05, 4.69) is 42.4 Å². The molecule has 0 spiro atoms. The molecule has 0 aliphatic heterocycles. The average Bonchev–Trinajstić information content (AvgIpc) is 3.10. The number of hydrogen-bond donors (Lipinski definition) is 1. The lowest BCUT2D eigenvalue weighted by Crippen LogP contribution is -2.24. The van der Waals surface area contributed by atoms with Gasteiger partial charge in [0, 0.05) is 10.0 Å². The molecule has 5 nitrogen and oxygen atoms in total. The van der Waals surface area contributed by atoms with Gasteiger partial charge in [-0.25, -0.2) is 5.43 Å². The Kier molecular flexibility index (Phi) is 6.70. The first-order chi connectivity index (χ1) is 13.4. The van der Waals surface area contributed by atoms with E-state index in [1.165, 1.54) is 6.21 Å². The molecule has 144 valence electrons. The number of aryl methyl sites for hydroxylation is 2. The summed E-state index contributed by atoms with van der Waals surface area (Å²) in [6.45, 7) is 3.80. The molecular formula is C21H18Br2N2O3. The second kappa shape index (κ2) is 9.21. The van der Waals surface area contributed by atoms with Gasteiger partial charge >= 0.3 is 0 Å². The Morgan fingerprint density at radius 3 is 2.61 bits per heavy atom. The van der Waals surface area contributed by atoms with Crippen molar-refractivity contribution in [3.8, 4) is 17.1 Å². The Morgan fingerprint density at radius 1 is 1.14 bits per heavy atom. The predicted molar refractivity (Wildman–Crippen MR) is 117 cm³/mol. The zero-order chi connectivity index (χ0) is 20.1. The number of carbonyl (C=O) groups excluding carboxylic acids is 1. The highest BCUT2D eigenvalue weighted by atomic mass is 79.9. The van der Waals surface area contributed by atoms with E-state index in [4.69, 9.17) is 9.15 Å². The third-order valence-corrected chi connectivity index (χ3v) is 4.98. The molecule has 2 aromatic carbocycles. The standard InChI is InChI=1S/C21H18Br2N2O3/c1-13-9-14(2)21(18(23)10-13)27-12-20(26)25-24-11-17-7-8-19(28-17)15-3-5-16(22)6-4-15/h3-11H,12H2,1-2H3,(H,25,26)/b24-11+. The summed E-state index contributed by atoms with van der Waals surface area (Å²) in [6, 6.07) is 15.4. The molecule has 7 heteroatoms. The van der Waals surface area contributed by atoms with E-state index in [9.17, 15) is 4.79 Å². The van der Waals surface area contributed by atoms with Crippen LogP contribution in [0.4, 0.5) is 0 Å². The summed E-state index contributed by atoms with van der Waals surface area (Å²) in [6.07, 6.45) is 1.45. The van der Waals surface area contributed by atoms with E-state index in [0.717, 1.165) is 31.4 Å². The maximum Gasteiger partial charge on any atom is 0.277 e. The Hall–Kier alpha value is -2.38. The Labute approximate surface area is 180 Å². The topological polar surface area (TPSA) is 63.8 Å². The monoisotopic (exact) mass is 504 g/mol. The second-order valence-electron chi connectivity index (χ2n) is 6.18. The van der Waals surface area contributed by atoms with Crippen LogP contribution in [0.15, 0.2) is 67.0 Å². The van der Waals surface area contributed by atoms with Gasteiger partial charge in [0.1, 0.15) is 17.3 Å². The van der Waals surface area contributed by atoms with Crippen LogP contribution in [0, 0.1) is 13.8 Å². The van der Waals surface area contributed by atoms with Crippen molar-refractivity contribution in [2.75, 3.05) is 6.61 Å². The summed E-state index contributed by atoms with van der Waals surface area (Å²) >= 11 is 6.86. The SMILES string of the molecule is Cc1cc(C)c(OCC(=O)N/N=C/c2ccc(-c3ccc(Br)cc3)o2)c(Br)c1. The molecule has 3 aromatic rings. The molecule has 0 unspecified atom stereocenters. The first-order valence-corrected chi connectivity index (χ1v) is 10.1. The zero-order valence-corrected chi connectivity index (χ0v) is 18.5. The van der Waals surface area contributed by atoms with Gasteiger partial charge in [0.2, 0.25) is 0 Å².